The highest BCUT2D eigenvalue weighted by Crippen LogP contribution is 2.36. The molecule has 230 valence electrons. The molecule has 0 N–H and O–H groups in total. The normalized spacial score (nSPS) is 12.5. The van der Waals surface area contributed by atoms with Crippen LogP contribution >= 0.6 is 46.4 Å². The van der Waals surface area contributed by atoms with E-state index in [1.165, 1.54) is 77.0 Å². The molecule has 0 bridgehead atoms. The molecule has 0 atom stereocenters. The van der Waals surface area contributed by atoms with Crippen molar-refractivity contribution in [3.05, 3.63) is 0 Å². The highest BCUT2D eigenvalue weighted by molar-refractivity contribution is 6.48. The fourth-order valence-electron chi connectivity index (χ4n) is 4.59. The Labute approximate surface area is 253 Å². The summed E-state index contributed by atoms with van der Waals surface area (Å²) in [5.74, 6) is 0. The van der Waals surface area contributed by atoms with Gasteiger partial charge in [-0.1, -0.05) is 175 Å². The number of halogens is 6. The Hall–Kier alpha value is 0.940. The molecular weight excluding hydrogens is 572 g/mol. The fraction of sp³-hybridized carbons (Fsp3) is 1.00. The summed E-state index contributed by atoms with van der Waals surface area (Å²) in [6.45, 7) is -0.357. The zero-order valence-electron chi connectivity index (χ0n) is 23.9. The Morgan fingerprint density at radius 3 is 0.711 bits per heavy atom. The summed E-state index contributed by atoms with van der Waals surface area (Å²) in [6.07, 6.45) is 27.8. The third kappa shape index (κ3) is 29.9. The van der Waals surface area contributed by atoms with Crippen LogP contribution in [-0.4, -0.2) is 22.4 Å². The average Bonchev–Trinajstić information content (AvgIpc) is 2.88. The second-order valence-corrected chi connectivity index (χ2v) is 13.6. The van der Waals surface area contributed by atoms with Crippen molar-refractivity contribution >= 4 is 46.4 Å². The third-order valence-electron chi connectivity index (χ3n) is 6.99. The van der Waals surface area contributed by atoms with Crippen LogP contribution in [-0.2, 0) is 9.78 Å². The van der Waals surface area contributed by atoms with E-state index in [4.69, 9.17) is 56.2 Å². The van der Waals surface area contributed by atoms with Gasteiger partial charge in [0.05, 0.1) is 13.3 Å². The van der Waals surface area contributed by atoms with Gasteiger partial charge in [-0.15, -0.1) is 0 Å². The maximum Gasteiger partial charge on any atom is 0.249 e. The van der Waals surface area contributed by atoms with Crippen LogP contribution in [0, 0.1) is 0 Å². The predicted molar refractivity (Wildman–Crippen MR) is 163 cm³/mol. The van der Waals surface area contributed by atoms with Gasteiger partial charge in [-0.05, 0) is 25.7 Å². The van der Waals surface area contributed by atoms with Gasteiger partial charge in [-0.2, -0.15) is 9.78 Å². The molecule has 0 aromatic heterocycles. The summed E-state index contributed by atoms with van der Waals surface area (Å²) in [5, 5.41) is 0. The molecule has 0 amide bonds. The minimum absolute atomic E-state index is 0.179. The first kappa shape index (κ1) is 38.9. The number of alkyl halides is 6. The Bertz CT molecular complexity index is 443. The van der Waals surface area contributed by atoms with Crippen molar-refractivity contribution in [3.8, 4) is 0 Å². The van der Waals surface area contributed by atoms with Crippen molar-refractivity contribution in [2.24, 2.45) is 0 Å². The molecule has 0 saturated carbocycles. The molecule has 2 nitrogen and oxygen atoms in total. The van der Waals surface area contributed by atoms with E-state index in [1.807, 2.05) is 0 Å². The molecule has 0 unspecified atom stereocenters. The molecule has 0 aliphatic carbocycles. The summed E-state index contributed by atoms with van der Waals surface area (Å²) in [6, 6.07) is 0. The Morgan fingerprint density at radius 2 is 0.500 bits per heavy atom. The molecule has 38 heavy (non-hydrogen) atoms. The van der Waals surface area contributed by atoms with Crippen molar-refractivity contribution < 1.29 is 18.6 Å². The van der Waals surface area contributed by atoms with E-state index in [9.17, 15) is 8.78 Å². The van der Waals surface area contributed by atoms with E-state index in [-0.39, 0.29) is 13.3 Å². The van der Waals surface area contributed by atoms with Gasteiger partial charge in [-0.25, -0.2) is 0 Å². The largest absolute Gasteiger partial charge is 0.251 e. The van der Waals surface area contributed by atoms with Crippen LogP contribution in [0.4, 0.5) is 8.78 Å². The molecule has 0 rings (SSSR count). The lowest BCUT2D eigenvalue weighted by molar-refractivity contribution is -0.342. The summed E-state index contributed by atoms with van der Waals surface area (Å²) < 4.78 is 21.2. The van der Waals surface area contributed by atoms with Crippen molar-refractivity contribution in [1.82, 2.24) is 0 Å². The first-order chi connectivity index (χ1) is 18.3. The lowest BCUT2D eigenvalue weighted by Crippen LogP contribution is -2.26. The van der Waals surface area contributed by atoms with Crippen LogP contribution in [0.25, 0.3) is 0 Å². The second kappa shape index (κ2) is 28.1. The summed E-state index contributed by atoms with van der Waals surface area (Å²) in [7, 11) is 0. The van der Waals surface area contributed by atoms with Crippen molar-refractivity contribution in [2.75, 3.05) is 13.3 Å². The number of hydrogen-bond acceptors (Lipinski definition) is 2. The molecule has 0 fully saturated rings. The van der Waals surface area contributed by atoms with E-state index in [2.05, 4.69) is 0 Å². The lowest BCUT2D eigenvalue weighted by atomic mass is 10.0. The number of hydrogen-bond donors (Lipinski definition) is 0. The first-order valence-corrected chi connectivity index (χ1v) is 17.1. The predicted octanol–water partition coefficient (Wildman–Crippen LogP) is 13.3. The summed E-state index contributed by atoms with van der Waals surface area (Å²) >= 11 is 24.9. The SMILES string of the molecule is FCCCCCCCCCCCCCCC(Cl)(Cl)OOC(Cl)(Cl)CCCCCCCCCCCCCCF. The number of unbranched alkanes of at least 4 members (excludes halogenated alkanes) is 22. The van der Waals surface area contributed by atoms with Crippen LogP contribution in [0.2, 0.25) is 0 Å². The standard InChI is InChI=1S/C30H56Cl4F2O2/c31-29(32,25-21-17-13-9-5-1-3-7-11-15-19-23-27-35)37-38-30(33,34)26-22-18-14-10-6-2-4-8-12-16-20-24-28-36/h1-28H2. The molecule has 0 radical (unpaired) electrons. The van der Waals surface area contributed by atoms with Crippen molar-refractivity contribution in [1.29, 1.82) is 0 Å². The van der Waals surface area contributed by atoms with E-state index in [0.29, 0.717) is 12.8 Å². The van der Waals surface area contributed by atoms with Crippen LogP contribution in [0.1, 0.15) is 167 Å². The molecular formula is C30H56Cl4F2O2. The van der Waals surface area contributed by atoms with Gasteiger partial charge in [0.2, 0.25) is 9.04 Å². The number of rotatable bonds is 31. The first-order valence-electron chi connectivity index (χ1n) is 15.6. The van der Waals surface area contributed by atoms with E-state index in [0.717, 1.165) is 77.0 Å². The van der Waals surface area contributed by atoms with Crippen LogP contribution in [0.5, 0.6) is 0 Å². The molecule has 0 aliphatic heterocycles. The zero-order valence-corrected chi connectivity index (χ0v) is 26.9. The third-order valence-corrected chi connectivity index (χ3v) is 8.00. The monoisotopic (exact) mass is 626 g/mol. The van der Waals surface area contributed by atoms with Crippen molar-refractivity contribution in [3.63, 3.8) is 0 Å². The Balaban J connectivity index is 3.55. The van der Waals surface area contributed by atoms with Gasteiger partial charge >= 0.3 is 0 Å². The van der Waals surface area contributed by atoms with Crippen LogP contribution < -0.4 is 0 Å². The Morgan fingerprint density at radius 1 is 0.316 bits per heavy atom. The molecule has 0 aromatic rings. The minimum atomic E-state index is -1.45. The molecule has 0 aromatic carbocycles. The second-order valence-electron chi connectivity index (χ2n) is 10.8. The topological polar surface area (TPSA) is 18.5 Å². The summed E-state index contributed by atoms with van der Waals surface area (Å²) in [5.41, 5.74) is 0. The maximum absolute atomic E-state index is 12.0. The van der Waals surface area contributed by atoms with E-state index >= 15 is 0 Å². The highest BCUT2D eigenvalue weighted by atomic mass is 35.5. The average molecular weight is 629 g/mol. The maximum atomic E-state index is 12.0. The van der Waals surface area contributed by atoms with E-state index < -0.39 is 9.04 Å². The summed E-state index contributed by atoms with van der Waals surface area (Å²) in [4.78, 5) is 10.4. The zero-order chi connectivity index (χ0) is 28.2. The minimum Gasteiger partial charge on any atom is -0.251 e. The highest BCUT2D eigenvalue weighted by Gasteiger charge is 2.33. The molecule has 8 heteroatoms. The van der Waals surface area contributed by atoms with E-state index in [1.54, 1.807) is 0 Å². The van der Waals surface area contributed by atoms with Gasteiger partial charge in [0.1, 0.15) is 0 Å². The molecule has 0 saturated heterocycles. The van der Waals surface area contributed by atoms with Crippen LogP contribution in [0.3, 0.4) is 0 Å². The van der Waals surface area contributed by atoms with Gasteiger partial charge in [-0.3, -0.25) is 8.78 Å². The Kier molecular flexibility index (Phi) is 28.8. The van der Waals surface area contributed by atoms with Gasteiger partial charge in [0.15, 0.2) is 0 Å². The molecule has 0 spiro atoms. The van der Waals surface area contributed by atoms with Gasteiger partial charge in [0, 0.05) is 12.8 Å². The quantitative estimate of drug-likeness (QED) is 0.0329. The van der Waals surface area contributed by atoms with Gasteiger partial charge in [0.25, 0.3) is 0 Å². The molecule has 0 aliphatic rings. The molecule has 0 heterocycles. The smallest absolute Gasteiger partial charge is 0.249 e. The van der Waals surface area contributed by atoms with Gasteiger partial charge < -0.3 is 0 Å². The van der Waals surface area contributed by atoms with Crippen molar-refractivity contribution in [2.45, 2.75) is 176 Å². The van der Waals surface area contributed by atoms with Crippen LogP contribution in [0.15, 0.2) is 0 Å². The fourth-order valence-corrected chi connectivity index (χ4v) is 5.25. The lowest BCUT2D eigenvalue weighted by Gasteiger charge is -2.24.